The van der Waals surface area contributed by atoms with E-state index in [1.807, 2.05) is 61.2 Å². The number of aromatic nitrogens is 3. The van der Waals surface area contributed by atoms with Crippen molar-refractivity contribution in [3.8, 4) is 0 Å². The summed E-state index contributed by atoms with van der Waals surface area (Å²) < 4.78 is 1.67. The Morgan fingerprint density at radius 1 is 1.22 bits per heavy atom. The van der Waals surface area contributed by atoms with Gasteiger partial charge in [-0.15, -0.1) is 16.9 Å². The van der Waals surface area contributed by atoms with Crippen LogP contribution in [0.25, 0.3) is 0 Å². The van der Waals surface area contributed by atoms with Crippen molar-refractivity contribution in [1.29, 1.82) is 0 Å². The van der Waals surface area contributed by atoms with Gasteiger partial charge in [0.05, 0.1) is 12.7 Å². The Bertz CT molecular complexity index is 908. The second kappa shape index (κ2) is 8.86. The van der Waals surface area contributed by atoms with Gasteiger partial charge in [-0.3, -0.25) is 4.79 Å². The maximum absolute atomic E-state index is 12.5. The highest BCUT2D eigenvalue weighted by molar-refractivity contribution is 7.99. The first-order chi connectivity index (χ1) is 13.0. The van der Waals surface area contributed by atoms with Gasteiger partial charge in [0.25, 0.3) is 5.91 Å². The molecular formula is C21H24N4OS. The third-order valence-corrected chi connectivity index (χ3v) is 5.58. The van der Waals surface area contributed by atoms with E-state index in [-0.39, 0.29) is 5.91 Å². The minimum Gasteiger partial charge on any atom is -0.320 e. The summed E-state index contributed by atoms with van der Waals surface area (Å²) in [5, 5.41) is 11.6. The Morgan fingerprint density at radius 2 is 2.00 bits per heavy atom. The molecule has 0 spiro atoms. The molecule has 1 unspecified atom stereocenters. The van der Waals surface area contributed by atoms with Gasteiger partial charge < -0.3 is 5.32 Å². The third-order valence-electron chi connectivity index (χ3n) is 4.32. The van der Waals surface area contributed by atoms with Crippen molar-refractivity contribution in [2.24, 2.45) is 0 Å². The zero-order valence-electron chi connectivity index (χ0n) is 15.8. The summed E-state index contributed by atoms with van der Waals surface area (Å²) in [5.41, 5.74) is 3.25. The number of carbonyl (C=O) groups is 1. The topological polar surface area (TPSA) is 59.8 Å². The Hall–Kier alpha value is -2.60. The molecule has 0 radical (unpaired) electrons. The standard InChI is InChI=1S/C21H24N4OS/c1-4-16(3)27-18-10-11-19(15(2)12-18)22-21(26)20-14-25(24-23-20)13-17-8-6-5-7-9-17/h5-12,14,16H,4,13H2,1-3H3,(H,22,26). The molecule has 27 heavy (non-hydrogen) atoms. The van der Waals surface area contributed by atoms with Gasteiger partial charge >= 0.3 is 0 Å². The van der Waals surface area contributed by atoms with Crippen molar-refractivity contribution in [2.45, 2.75) is 43.9 Å². The number of nitrogens with one attached hydrogen (secondary N) is 1. The fraction of sp³-hybridized carbons (Fsp3) is 0.286. The van der Waals surface area contributed by atoms with Crippen LogP contribution in [0.4, 0.5) is 5.69 Å². The van der Waals surface area contributed by atoms with E-state index in [9.17, 15) is 4.79 Å². The van der Waals surface area contributed by atoms with E-state index in [0.717, 1.165) is 23.2 Å². The van der Waals surface area contributed by atoms with Crippen LogP contribution in [-0.2, 0) is 6.54 Å². The lowest BCUT2D eigenvalue weighted by molar-refractivity contribution is 0.102. The highest BCUT2D eigenvalue weighted by Gasteiger charge is 2.13. The highest BCUT2D eigenvalue weighted by Crippen LogP contribution is 2.28. The van der Waals surface area contributed by atoms with Crippen molar-refractivity contribution < 1.29 is 4.79 Å². The zero-order valence-corrected chi connectivity index (χ0v) is 16.7. The average molecular weight is 381 g/mol. The summed E-state index contributed by atoms with van der Waals surface area (Å²) in [7, 11) is 0. The second-order valence-electron chi connectivity index (χ2n) is 6.55. The summed E-state index contributed by atoms with van der Waals surface area (Å²) in [6.07, 6.45) is 2.80. The van der Waals surface area contributed by atoms with Crippen molar-refractivity contribution in [1.82, 2.24) is 15.0 Å². The van der Waals surface area contributed by atoms with Gasteiger partial charge in [0.15, 0.2) is 5.69 Å². The fourth-order valence-corrected chi connectivity index (χ4v) is 3.62. The SMILES string of the molecule is CCC(C)Sc1ccc(NC(=O)c2cn(Cc3ccccc3)nn2)c(C)c1. The molecule has 5 nitrogen and oxygen atoms in total. The first kappa shape index (κ1) is 19.2. The van der Waals surface area contributed by atoms with Crippen LogP contribution in [0.15, 0.2) is 59.6 Å². The smallest absolute Gasteiger partial charge is 0.277 e. The number of nitrogens with zero attached hydrogens (tertiary/aromatic N) is 3. The number of amides is 1. The van der Waals surface area contributed by atoms with E-state index < -0.39 is 0 Å². The van der Waals surface area contributed by atoms with Gasteiger partial charge in [0, 0.05) is 15.8 Å². The summed E-state index contributed by atoms with van der Waals surface area (Å²) in [4.78, 5) is 13.7. The predicted octanol–water partition coefficient (Wildman–Crippen LogP) is 4.78. The molecule has 1 heterocycles. The second-order valence-corrected chi connectivity index (χ2v) is 8.07. The Morgan fingerprint density at radius 3 is 2.70 bits per heavy atom. The number of hydrogen-bond acceptors (Lipinski definition) is 4. The summed E-state index contributed by atoms with van der Waals surface area (Å²) in [5.74, 6) is -0.250. The van der Waals surface area contributed by atoms with Gasteiger partial charge in [-0.25, -0.2) is 4.68 Å². The van der Waals surface area contributed by atoms with Crippen LogP contribution in [0.2, 0.25) is 0 Å². The lowest BCUT2D eigenvalue weighted by Gasteiger charge is -2.11. The van der Waals surface area contributed by atoms with Crippen molar-refractivity contribution >= 4 is 23.4 Å². The van der Waals surface area contributed by atoms with Crippen LogP contribution in [0.3, 0.4) is 0 Å². The van der Waals surface area contributed by atoms with Crippen molar-refractivity contribution in [3.63, 3.8) is 0 Å². The van der Waals surface area contributed by atoms with Gasteiger partial charge in [-0.2, -0.15) is 0 Å². The molecule has 0 fully saturated rings. The summed E-state index contributed by atoms with van der Waals surface area (Å²) in [6, 6.07) is 16.1. The van der Waals surface area contributed by atoms with Crippen LogP contribution in [0, 0.1) is 6.92 Å². The summed E-state index contributed by atoms with van der Waals surface area (Å²) in [6.45, 7) is 6.99. The molecule has 0 saturated heterocycles. The minimum absolute atomic E-state index is 0.250. The van der Waals surface area contributed by atoms with E-state index >= 15 is 0 Å². The number of benzene rings is 2. The molecule has 0 aliphatic rings. The molecule has 2 aromatic carbocycles. The Labute approximate surface area is 164 Å². The van der Waals surface area contributed by atoms with Crippen molar-refractivity contribution in [2.75, 3.05) is 5.32 Å². The fourth-order valence-electron chi connectivity index (χ4n) is 2.60. The number of carbonyl (C=O) groups excluding carboxylic acids is 1. The highest BCUT2D eigenvalue weighted by atomic mass is 32.2. The monoisotopic (exact) mass is 380 g/mol. The Balaban J connectivity index is 1.65. The number of hydrogen-bond donors (Lipinski definition) is 1. The largest absolute Gasteiger partial charge is 0.320 e. The van der Waals surface area contributed by atoms with Crippen LogP contribution >= 0.6 is 11.8 Å². The molecule has 1 aromatic heterocycles. The molecule has 0 aliphatic heterocycles. The minimum atomic E-state index is -0.250. The normalized spacial score (nSPS) is 12.0. The lowest BCUT2D eigenvalue weighted by Crippen LogP contribution is -2.13. The molecule has 1 amide bonds. The van der Waals surface area contributed by atoms with E-state index in [1.54, 1.807) is 10.9 Å². The van der Waals surface area contributed by atoms with Crippen LogP contribution in [-0.4, -0.2) is 26.2 Å². The number of aryl methyl sites for hydroxylation is 1. The van der Waals surface area contributed by atoms with Gasteiger partial charge in [-0.05, 0) is 42.7 Å². The first-order valence-electron chi connectivity index (χ1n) is 9.08. The van der Waals surface area contributed by atoms with Crippen LogP contribution in [0.1, 0.15) is 41.9 Å². The molecule has 0 bridgehead atoms. The predicted molar refractivity (Wildman–Crippen MR) is 110 cm³/mol. The maximum Gasteiger partial charge on any atom is 0.277 e. The van der Waals surface area contributed by atoms with E-state index in [0.29, 0.717) is 17.5 Å². The van der Waals surface area contributed by atoms with E-state index in [2.05, 4.69) is 35.5 Å². The molecule has 0 saturated carbocycles. The molecule has 3 rings (SSSR count). The number of rotatable bonds is 7. The summed E-state index contributed by atoms with van der Waals surface area (Å²) >= 11 is 1.85. The molecule has 3 aromatic rings. The molecule has 1 N–H and O–H groups in total. The van der Waals surface area contributed by atoms with Gasteiger partial charge in [-0.1, -0.05) is 49.4 Å². The van der Waals surface area contributed by atoms with Crippen molar-refractivity contribution in [3.05, 3.63) is 71.5 Å². The number of anilines is 1. The average Bonchev–Trinajstić information content (AvgIpc) is 3.13. The maximum atomic E-state index is 12.5. The van der Waals surface area contributed by atoms with E-state index in [4.69, 9.17) is 0 Å². The van der Waals surface area contributed by atoms with Gasteiger partial charge in [0.1, 0.15) is 0 Å². The third kappa shape index (κ3) is 5.20. The van der Waals surface area contributed by atoms with Crippen LogP contribution < -0.4 is 5.32 Å². The molecule has 140 valence electrons. The number of thioether (sulfide) groups is 1. The van der Waals surface area contributed by atoms with Crippen LogP contribution in [0.5, 0.6) is 0 Å². The van der Waals surface area contributed by atoms with E-state index in [1.165, 1.54) is 4.90 Å². The Kier molecular flexibility index (Phi) is 6.29. The molecular weight excluding hydrogens is 356 g/mol. The lowest BCUT2D eigenvalue weighted by atomic mass is 10.2. The molecule has 0 aliphatic carbocycles. The first-order valence-corrected chi connectivity index (χ1v) is 9.96. The quantitative estimate of drug-likeness (QED) is 0.599. The molecule has 1 atom stereocenters. The molecule has 6 heteroatoms. The zero-order chi connectivity index (χ0) is 19.2. The van der Waals surface area contributed by atoms with Gasteiger partial charge in [0.2, 0.25) is 0 Å².